The van der Waals surface area contributed by atoms with Crippen LogP contribution < -0.4 is 5.73 Å². The van der Waals surface area contributed by atoms with E-state index in [1.54, 1.807) is 0 Å². The van der Waals surface area contributed by atoms with E-state index in [4.69, 9.17) is 5.73 Å². The van der Waals surface area contributed by atoms with Crippen molar-refractivity contribution < 1.29 is 0 Å². The van der Waals surface area contributed by atoms with E-state index in [9.17, 15) is 0 Å². The van der Waals surface area contributed by atoms with Gasteiger partial charge in [-0.2, -0.15) is 5.10 Å². The molecule has 12 heavy (non-hydrogen) atoms. The standard InChI is InChI=1S/C9H15N3/c1-6-4-9(12-11-6)8(10)5-7-2-3-7/h4,7-8H,2-3,5,10H2,1H3,(H,11,12)/t8-/m0/s1. The number of aryl methyl sites for hydroxylation is 1. The molecular formula is C9H15N3. The Balaban J connectivity index is 1.97. The molecule has 3 heteroatoms. The molecule has 0 spiro atoms. The minimum Gasteiger partial charge on any atom is -0.323 e. The highest BCUT2D eigenvalue weighted by atomic mass is 15.1. The van der Waals surface area contributed by atoms with Crippen LogP contribution in [-0.4, -0.2) is 10.2 Å². The second-order valence-electron chi connectivity index (χ2n) is 3.75. The van der Waals surface area contributed by atoms with Crippen molar-refractivity contribution in [1.82, 2.24) is 10.2 Å². The zero-order chi connectivity index (χ0) is 8.55. The fourth-order valence-electron chi connectivity index (χ4n) is 1.47. The minimum absolute atomic E-state index is 0.165. The van der Waals surface area contributed by atoms with E-state index in [2.05, 4.69) is 10.2 Å². The van der Waals surface area contributed by atoms with Crippen LogP contribution >= 0.6 is 0 Å². The van der Waals surface area contributed by atoms with Gasteiger partial charge in [0.15, 0.2) is 0 Å². The summed E-state index contributed by atoms with van der Waals surface area (Å²) in [5.74, 6) is 0.878. The van der Waals surface area contributed by atoms with Crippen molar-refractivity contribution >= 4 is 0 Å². The third kappa shape index (κ3) is 1.67. The van der Waals surface area contributed by atoms with Crippen molar-refractivity contribution in [2.24, 2.45) is 11.7 Å². The first-order valence-electron chi connectivity index (χ1n) is 4.53. The van der Waals surface area contributed by atoms with Crippen molar-refractivity contribution in [1.29, 1.82) is 0 Å². The summed E-state index contributed by atoms with van der Waals surface area (Å²) in [5, 5.41) is 7.02. The molecule has 66 valence electrons. The molecule has 0 radical (unpaired) electrons. The Bertz CT molecular complexity index is 262. The largest absolute Gasteiger partial charge is 0.323 e. The summed E-state index contributed by atoms with van der Waals surface area (Å²) in [4.78, 5) is 0. The van der Waals surface area contributed by atoms with Gasteiger partial charge in [0.2, 0.25) is 0 Å². The number of aromatic amines is 1. The molecule has 1 saturated carbocycles. The van der Waals surface area contributed by atoms with Gasteiger partial charge in [0, 0.05) is 6.04 Å². The van der Waals surface area contributed by atoms with Gasteiger partial charge in [0.05, 0.1) is 11.4 Å². The van der Waals surface area contributed by atoms with E-state index in [1.165, 1.54) is 12.8 Å². The van der Waals surface area contributed by atoms with Gasteiger partial charge in [-0.15, -0.1) is 0 Å². The number of aromatic nitrogens is 2. The lowest BCUT2D eigenvalue weighted by atomic mass is 10.1. The molecule has 1 fully saturated rings. The van der Waals surface area contributed by atoms with E-state index in [1.807, 2.05) is 13.0 Å². The third-order valence-electron chi connectivity index (χ3n) is 2.41. The van der Waals surface area contributed by atoms with Gasteiger partial charge in [0.1, 0.15) is 0 Å². The molecule has 0 bridgehead atoms. The Morgan fingerprint density at radius 1 is 1.75 bits per heavy atom. The van der Waals surface area contributed by atoms with Gasteiger partial charge < -0.3 is 5.73 Å². The summed E-state index contributed by atoms with van der Waals surface area (Å²) in [5.41, 5.74) is 8.09. The first-order valence-corrected chi connectivity index (χ1v) is 4.53. The lowest BCUT2D eigenvalue weighted by Gasteiger charge is -2.06. The molecule has 2 rings (SSSR count). The molecule has 1 aromatic heterocycles. The molecule has 0 aromatic carbocycles. The van der Waals surface area contributed by atoms with Gasteiger partial charge in [-0.05, 0) is 25.3 Å². The molecule has 0 unspecified atom stereocenters. The van der Waals surface area contributed by atoms with Crippen molar-refractivity contribution in [3.05, 3.63) is 17.5 Å². The van der Waals surface area contributed by atoms with Crippen LogP contribution in [0.3, 0.4) is 0 Å². The number of H-pyrrole nitrogens is 1. The predicted octanol–water partition coefficient (Wildman–Crippen LogP) is 1.52. The van der Waals surface area contributed by atoms with E-state index in [0.717, 1.165) is 23.7 Å². The van der Waals surface area contributed by atoms with Gasteiger partial charge in [-0.1, -0.05) is 12.8 Å². The molecule has 1 atom stereocenters. The average Bonchev–Trinajstić information content (AvgIpc) is 2.72. The lowest BCUT2D eigenvalue weighted by molar-refractivity contribution is 0.582. The van der Waals surface area contributed by atoms with Crippen LogP contribution in [0.15, 0.2) is 6.07 Å². The van der Waals surface area contributed by atoms with Gasteiger partial charge in [-0.3, -0.25) is 5.10 Å². The number of nitrogens with zero attached hydrogens (tertiary/aromatic N) is 1. The van der Waals surface area contributed by atoms with Gasteiger partial charge >= 0.3 is 0 Å². The van der Waals surface area contributed by atoms with Gasteiger partial charge in [0.25, 0.3) is 0 Å². The second-order valence-corrected chi connectivity index (χ2v) is 3.75. The predicted molar refractivity (Wildman–Crippen MR) is 47.6 cm³/mol. The topological polar surface area (TPSA) is 54.7 Å². The molecule has 0 saturated heterocycles. The van der Waals surface area contributed by atoms with E-state index < -0.39 is 0 Å². The molecule has 1 heterocycles. The van der Waals surface area contributed by atoms with Crippen LogP contribution in [0.4, 0.5) is 0 Å². The van der Waals surface area contributed by atoms with Gasteiger partial charge in [-0.25, -0.2) is 0 Å². The maximum Gasteiger partial charge on any atom is 0.0594 e. The molecule has 1 aliphatic rings. The zero-order valence-corrected chi connectivity index (χ0v) is 7.38. The SMILES string of the molecule is Cc1cc([C@@H](N)CC2CC2)[nH]n1. The summed E-state index contributed by atoms with van der Waals surface area (Å²) in [7, 11) is 0. The van der Waals surface area contributed by atoms with E-state index in [0.29, 0.717) is 0 Å². The van der Waals surface area contributed by atoms with Crippen molar-refractivity contribution in [2.45, 2.75) is 32.2 Å². The Kier molecular flexibility index (Phi) is 1.89. The normalized spacial score (nSPS) is 19.5. The smallest absolute Gasteiger partial charge is 0.0594 e. The monoisotopic (exact) mass is 165 g/mol. The van der Waals surface area contributed by atoms with Crippen molar-refractivity contribution in [2.75, 3.05) is 0 Å². The molecule has 3 nitrogen and oxygen atoms in total. The Hall–Kier alpha value is -0.830. The Labute approximate surface area is 72.4 Å². The lowest BCUT2D eigenvalue weighted by Crippen LogP contribution is -2.11. The van der Waals surface area contributed by atoms with Crippen LogP contribution in [-0.2, 0) is 0 Å². The van der Waals surface area contributed by atoms with Crippen LogP contribution in [0, 0.1) is 12.8 Å². The molecule has 0 amide bonds. The molecule has 3 N–H and O–H groups in total. The summed E-state index contributed by atoms with van der Waals surface area (Å²) in [6, 6.07) is 2.20. The fourth-order valence-corrected chi connectivity index (χ4v) is 1.47. The van der Waals surface area contributed by atoms with Crippen LogP contribution in [0.25, 0.3) is 0 Å². The summed E-state index contributed by atoms with van der Waals surface area (Å²) >= 11 is 0. The zero-order valence-electron chi connectivity index (χ0n) is 7.38. The van der Waals surface area contributed by atoms with E-state index >= 15 is 0 Å². The van der Waals surface area contributed by atoms with Crippen LogP contribution in [0.2, 0.25) is 0 Å². The van der Waals surface area contributed by atoms with Crippen molar-refractivity contribution in [3.8, 4) is 0 Å². The van der Waals surface area contributed by atoms with Crippen LogP contribution in [0.1, 0.15) is 36.7 Å². The number of rotatable bonds is 3. The fraction of sp³-hybridized carbons (Fsp3) is 0.667. The highest BCUT2D eigenvalue weighted by Gasteiger charge is 2.24. The minimum atomic E-state index is 0.165. The maximum absolute atomic E-state index is 5.98. The molecule has 0 aliphatic heterocycles. The number of hydrogen-bond donors (Lipinski definition) is 2. The quantitative estimate of drug-likeness (QED) is 0.713. The average molecular weight is 165 g/mol. The first-order chi connectivity index (χ1) is 5.75. The Morgan fingerprint density at radius 2 is 2.50 bits per heavy atom. The summed E-state index contributed by atoms with van der Waals surface area (Å²) < 4.78 is 0. The number of hydrogen-bond acceptors (Lipinski definition) is 2. The summed E-state index contributed by atoms with van der Waals surface area (Å²) in [6.45, 7) is 1.98. The third-order valence-corrected chi connectivity index (χ3v) is 2.41. The Morgan fingerprint density at radius 3 is 3.00 bits per heavy atom. The maximum atomic E-state index is 5.98. The number of nitrogens with two attached hydrogens (primary N) is 1. The highest BCUT2D eigenvalue weighted by molar-refractivity contribution is 5.11. The van der Waals surface area contributed by atoms with Crippen molar-refractivity contribution in [3.63, 3.8) is 0 Å². The first kappa shape index (κ1) is 7.80. The summed E-state index contributed by atoms with van der Waals surface area (Å²) in [6.07, 6.45) is 3.84. The molecular weight excluding hydrogens is 150 g/mol. The molecule has 1 aromatic rings. The molecule has 1 aliphatic carbocycles. The highest BCUT2D eigenvalue weighted by Crippen LogP contribution is 2.36. The second kappa shape index (κ2) is 2.90. The van der Waals surface area contributed by atoms with E-state index in [-0.39, 0.29) is 6.04 Å². The van der Waals surface area contributed by atoms with Crippen LogP contribution in [0.5, 0.6) is 0 Å². The number of nitrogens with one attached hydrogen (secondary N) is 1.